The third kappa shape index (κ3) is 5.24. The molecule has 11 heteroatoms. The standard InChI is InChI=1S/C26H29F3N2O5S/c1-3-37(35,36)20-11-12-21-17(14-20)15-31(22(32)13-16-5-4-6-16)23(21)24(33)30-19-9-7-18(8-10-19)25(2,34)26(27,28)29/h7-12,14,16,23,34H,3-6,13,15H2,1-2H3,(H,30,33). The maximum absolute atomic E-state index is 13.4. The molecule has 2 unspecified atom stereocenters. The van der Waals surface area contributed by atoms with E-state index < -0.39 is 33.6 Å². The van der Waals surface area contributed by atoms with Crippen LogP contribution < -0.4 is 5.32 Å². The van der Waals surface area contributed by atoms with Crippen LogP contribution in [0.4, 0.5) is 18.9 Å². The van der Waals surface area contributed by atoms with Crippen LogP contribution in [-0.4, -0.2) is 42.2 Å². The number of sulfone groups is 1. The van der Waals surface area contributed by atoms with E-state index in [2.05, 4.69) is 5.32 Å². The fraction of sp³-hybridized carbons (Fsp3) is 0.462. The van der Waals surface area contributed by atoms with Crippen molar-refractivity contribution in [3.63, 3.8) is 0 Å². The Morgan fingerprint density at radius 2 is 1.76 bits per heavy atom. The molecule has 2 aromatic rings. The summed E-state index contributed by atoms with van der Waals surface area (Å²) in [7, 11) is -3.49. The number of hydrogen-bond acceptors (Lipinski definition) is 5. The number of amides is 2. The van der Waals surface area contributed by atoms with Gasteiger partial charge in [0.15, 0.2) is 15.4 Å². The zero-order valence-electron chi connectivity index (χ0n) is 20.5. The Morgan fingerprint density at radius 3 is 2.30 bits per heavy atom. The second-order valence-corrected chi connectivity index (χ2v) is 12.1. The van der Waals surface area contributed by atoms with Gasteiger partial charge in [0.1, 0.15) is 6.04 Å². The summed E-state index contributed by atoms with van der Waals surface area (Å²) in [6, 6.07) is 8.11. The van der Waals surface area contributed by atoms with E-state index in [1.165, 1.54) is 36.1 Å². The van der Waals surface area contributed by atoms with E-state index in [1.54, 1.807) is 6.07 Å². The third-order valence-corrected chi connectivity index (χ3v) is 9.06. The molecule has 0 radical (unpaired) electrons. The highest BCUT2D eigenvalue weighted by molar-refractivity contribution is 7.91. The van der Waals surface area contributed by atoms with E-state index >= 15 is 0 Å². The van der Waals surface area contributed by atoms with Gasteiger partial charge in [0.25, 0.3) is 5.91 Å². The number of fused-ring (bicyclic) bond motifs is 1. The van der Waals surface area contributed by atoms with Crippen LogP contribution in [0.1, 0.15) is 62.3 Å². The van der Waals surface area contributed by atoms with Crippen molar-refractivity contribution in [3.05, 3.63) is 59.2 Å². The number of benzene rings is 2. The first kappa shape index (κ1) is 27.1. The first-order chi connectivity index (χ1) is 17.2. The maximum atomic E-state index is 13.4. The first-order valence-corrected chi connectivity index (χ1v) is 13.8. The van der Waals surface area contributed by atoms with Gasteiger partial charge in [0.2, 0.25) is 5.91 Å². The first-order valence-electron chi connectivity index (χ1n) is 12.1. The molecule has 1 aliphatic heterocycles. The molecule has 1 aliphatic carbocycles. The molecule has 7 nitrogen and oxygen atoms in total. The molecule has 2 amide bonds. The lowest BCUT2D eigenvalue weighted by Crippen LogP contribution is -2.39. The molecule has 2 aliphatic rings. The Labute approximate surface area is 213 Å². The Morgan fingerprint density at radius 1 is 1.11 bits per heavy atom. The van der Waals surface area contributed by atoms with Crippen LogP contribution >= 0.6 is 0 Å². The van der Waals surface area contributed by atoms with Crippen molar-refractivity contribution < 1.29 is 36.3 Å². The lowest BCUT2D eigenvalue weighted by molar-refractivity contribution is -0.258. The van der Waals surface area contributed by atoms with Crippen molar-refractivity contribution in [1.29, 1.82) is 0 Å². The van der Waals surface area contributed by atoms with Crippen LogP contribution in [0.15, 0.2) is 47.4 Å². The number of carbonyl (C=O) groups excluding carboxylic acids is 2. The van der Waals surface area contributed by atoms with Gasteiger partial charge >= 0.3 is 6.18 Å². The number of carbonyl (C=O) groups is 2. The molecule has 0 saturated heterocycles. The predicted octanol–water partition coefficient (Wildman–Crippen LogP) is 4.46. The molecule has 1 heterocycles. The molecule has 2 aromatic carbocycles. The molecule has 0 aromatic heterocycles. The molecular weight excluding hydrogens is 509 g/mol. The average Bonchev–Trinajstić information content (AvgIpc) is 3.20. The predicted molar refractivity (Wildman–Crippen MR) is 130 cm³/mol. The largest absolute Gasteiger partial charge is 0.421 e. The van der Waals surface area contributed by atoms with Crippen LogP contribution in [0, 0.1) is 5.92 Å². The summed E-state index contributed by atoms with van der Waals surface area (Å²) in [5.41, 5.74) is -2.18. The normalized spacial score (nSPS) is 19.6. The van der Waals surface area contributed by atoms with Crippen molar-refractivity contribution in [1.82, 2.24) is 4.90 Å². The van der Waals surface area contributed by atoms with Gasteiger partial charge in [-0.15, -0.1) is 0 Å². The highest BCUT2D eigenvalue weighted by atomic mass is 32.2. The minimum absolute atomic E-state index is 0.0828. The molecule has 4 rings (SSSR count). The van der Waals surface area contributed by atoms with Gasteiger partial charge in [0, 0.05) is 18.7 Å². The Balaban J connectivity index is 1.61. The summed E-state index contributed by atoms with van der Waals surface area (Å²) >= 11 is 0. The number of nitrogens with zero attached hydrogens (tertiary/aromatic N) is 1. The lowest BCUT2D eigenvalue weighted by atomic mass is 9.82. The zero-order chi connectivity index (χ0) is 27.2. The fourth-order valence-electron chi connectivity index (χ4n) is 4.62. The molecule has 200 valence electrons. The minimum atomic E-state index is -4.88. The van der Waals surface area contributed by atoms with Gasteiger partial charge in [-0.3, -0.25) is 9.59 Å². The molecule has 2 N–H and O–H groups in total. The van der Waals surface area contributed by atoms with Gasteiger partial charge in [-0.25, -0.2) is 8.42 Å². The number of halogens is 3. The van der Waals surface area contributed by atoms with E-state index in [9.17, 15) is 36.3 Å². The number of aliphatic hydroxyl groups is 1. The highest BCUT2D eigenvalue weighted by Gasteiger charge is 2.51. The maximum Gasteiger partial charge on any atom is 0.421 e. The van der Waals surface area contributed by atoms with E-state index in [0.717, 1.165) is 31.4 Å². The van der Waals surface area contributed by atoms with Crippen molar-refractivity contribution in [3.8, 4) is 0 Å². The number of anilines is 1. The molecule has 2 atom stereocenters. The molecular formula is C26H29F3N2O5S. The molecule has 1 fully saturated rings. The Hall–Kier alpha value is -2.92. The molecule has 0 spiro atoms. The van der Waals surface area contributed by atoms with Crippen LogP contribution in [-0.2, 0) is 31.6 Å². The van der Waals surface area contributed by atoms with Crippen molar-refractivity contribution >= 4 is 27.3 Å². The summed E-state index contributed by atoms with van der Waals surface area (Å²) < 4.78 is 64.2. The summed E-state index contributed by atoms with van der Waals surface area (Å²) in [4.78, 5) is 28.1. The fourth-order valence-corrected chi connectivity index (χ4v) is 5.55. The molecule has 37 heavy (non-hydrogen) atoms. The summed E-state index contributed by atoms with van der Waals surface area (Å²) in [6.07, 6.45) is -1.65. The number of nitrogens with one attached hydrogen (secondary N) is 1. The van der Waals surface area contributed by atoms with Gasteiger partial charge in [0.05, 0.1) is 10.6 Å². The number of rotatable bonds is 7. The van der Waals surface area contributed by atoms with Gasteiger partial charge < -0.3 is 15.3 Å². The Bertz CT molecular complexity index is 1300. The van der Waals surface area contributed by atoms with Gasteiger partial charge in [-0.05, 0) is 66.6 Å². The SMILES string of the molecule is CCS(=O)(=O)c1ccc2c(c1)CN(C(=O)CC1CCC1)C2C(=O)Nc1ccc(C(C)(O)C(F)(F)F)cc1. The zero-order valence-corrected chi connectivity index (χ0v) is 21.3. The average molecular weight is 539 g/mol. The lowest BCUT2D eigenvalue weighted by Gasteiger charge is -2.30. The smallest absolute Gasteiger partial charge is 0.376 e. The number of alkyl halides is 3. The molecule has 1 saturated carbocycles. The van der Waals surface area contributed by atoms with Crippen LogP contribution in [0.5, 0.6) is 0 Å². The quantitative estimate of drug-likeness (QED) is 0.542. The highest BCUT2D eigenvalue weighted by Crippen LogP contribution is 2.40. The number of hydrogen-bond donors (Lipinski definition) is 2. The third-order valence-electron chi connectivity index (χ3n) is 7.32. The monoisotopic (exact) mass is 538 g/mol. The second kappa shape index (κ2) is 9.75. The van der Waals surface area contributed by atoms with E-state index in [1.807, 2.05) is 0 Å². The van der Waals surface area contributed by atoms with E-state index in [4.69, 9.17) is 0 Å². The van der Waals surface area contributed by atoms with Crippen molar-refractivity contribution in [2.24, 2.45) is 5.92 Å². The summed E-state index contributed by atoms with van der Waals surface area (Å²) in [6.45, 7) is 2.26. The minimum Gasteiger partial charge on any atom is -0.376 e. The summed E-state index contributed by atoms with van der Waals surface area (Å²) in [5, 5.41) is 12.5. The van der Waals surface area contributed by atoms with Crippen molar-refractivity contribution in [2.75, 3.05) is 11.1 Å². The van der Waals surface area contributed by atoms with Crippen molar-refractivity contribution in [2.45, 2.75) is 68.8 Å². The second-order valence-electron chi connectivity index (χ2n) is 9.83. The van der Waals surface area contributed by atoms with E-state index in [0.29, 0.717) is 24.5 Å². The van der Waals surface area contributed by atoms with Crippen LogP contribution in [0.25, 0.3) is 0 Å². The summed E-state index contributed by atoms with van der Waals surface area (Å²) in [5.74, 6) is -0.610. The van der Waals surface area contributed by atoms with Crippen LogP contribution in [0.2, 0.25) is 0 Å². The van der Waals surface area contributed by atoms with Gasteiger partial charge in [-0.2, -0.15) is 13.2 Å². The van der Waals surface area contributed by atoms with Crippen LogP contribution in [0.3, 0.4) is 0 Å². The molecule has 0 bridgehead atoms. The Kier molecular flexibility index (Phi) is 7.15. The van der Waals surface area contributed by atoms with Gasteiger partial charge in [-0.1, -0.05) is 31.5 Å². The van der Waals surface area contributed by atoms with E-state index in [-0.39, 0.29) is 40.3 Å². The topological polar surface area (TPSA) is 104 Å².